The first kappa shape index (κ1) is 15.6. The minimum absolute atomic E-state index is 0.0876. The fourth-order valence-corrected chi connectivity index (χ4v) is 2.74. The summed E-state index contributed by atoms with van der Waals surface area (Å²) in [6.07, 6.45) is 2.39. The van der Waals surface area contributed by atoms with Crippen LogP contribution in [0.1, 0.15) is 16.1 Å². The molecule has 3 aromatic heterocycles. The Morgan fingerprint density at radius 3 is 2.92 bits per heavy atom. The van der Waals surface area contributed by atoms with E-state index in [2.05, 4.69) is 4.98 Å². The molecular weight excluding hydrogens is 336 g/mol. The Labute approximate surface area is 138 Å². The molecule has 9 nitrogen and oxygen atoms in total. The zero-order chi connectivity index (χ0) is 17.3. The normalized spacial score (nSPS) is 10.7. The van der Waals surface area contributed by atoms with E-state index in [1.54, 1.807) is 0 Å². The molecular formula is C14H10N4O5S. The van der Waals surface area contributed by atoms with Crippen LogP contribution in [0, 0.1) is 10.1 Å². The highest BCUT2D eigenvalue weighted by molar-refractivity contribution is 7.13. The molecule has 24 heavy (non-hydrogen) atoms. The van der Waals surface area contributed by atoms with Gasteiger partial charge in [-0.3, -0.25) is 19.7 Å². The number of carbonyl (C=O) groups excluding carboxylic acids is 1. The number of amides is 1. The Kier molecular flexibility index (Phi) is 3.96. The molecule has 0 aromatic carbocycles. The van der Waals surface area contributed by atoms with Crippen LogP contribution >= 0.6 is 11.3 Å². The van der Waals surface area contributed by atoms with Crippen molar-refractivity contribution in [2.24, 2.45) is 5.73 Å². The van der Waals surface area contributed by atoms with E-state index in [0.29, 0.717) is 11.6 Å². The number of rotatable bonds is 5. The second kappa shape index (κ2) is 6.08. The topological polar surface area (TPSA) is 134 Å². The fraction of sp³-hybridized carbons (Fsp3) is 0.0714. The molecule has 2 N–H and O–H groups in total. The zero-order valence-corrected chi connectivity index (χ0v) is 12.9. The van der Waals surface area contributed by atoms with E-state index in [1.807, 2.05) is 17.5 Å². The maximum absolute atomic E-state index is 12.2. The Morgan fingerprint density at radius 2 is 2.29 bits per heavy atom. The summed E-state index contributed by atoms with van der Waals surface area (Å²) in [6.45, 7) is -0.0876. The first-order valence-corrected chi connectivity index (χ1v) is 7.50. The first-order valence-electron chi connectivity index (χ1n) is 6.62. The molecule has 3 heterocycles. The average Bonchev–Trinajstić information content (AvgIpc) is 3.19. The predicted octanol–water partition coefficient (Wildman–Crippen LogP) is 1.62. The molecule has 122 valence electrons. The summed E-state index contributed by atoms with van der Waals surface area (Å²) in [5.41, 5.74) is 3.90. The third-order valence-corrected chi connectivity index (χ3v) is 4.02. The Bertz CT molecular complexity index is 973. The number of aromatic nitrogens is 2. The van der Waals surface area contributed by atoms with Gasteiger partial charge in [-0.2, -0.15) is 0 Å². The van der Waals surface area contributed by atoms with Crippen molar-refractivity contribution in [1.82, 2.24) is 9.55 Å². The molecule has 0 radical (unpaired) electrons. The van der Waals surface area contributed by atoms with Crippen LogP contribution in [0.4, 0.5) is 5.69 Å². The summed E-state index contributed by atoms with van der Waals surface area (Å²) < 4.78 is 6.34. The molecule has 3 rings (SSSR count). The van der Waals surface area contributed by atoms with Crippen molar-refractivity contribution >= 4 is 22.9 Å². The quantitative estimate of drug-likeness (QED) is 0.551. The van der Waals surface area contributed by atoms with Crippen LogP contribution in [0.2, 0.25) is 0 Å². The summed E-state index contributed by atoms with van der Waals surface area (Å²) in [6, 6.07) is 4.53. The molecule has 0 fully saturated rings. The van der Waals surface area contributed by atoms with Gasteiger partial charge >= 0.3 is 0 Å². The predicted molar refractivity (Wildman–Crippen MR) is 84.8 cm³/mol. The number of nitro groups is 1. The first-order chi connectivity index (χ1) is 11.5. The molecule has 0 aliphatic carbocycles. The van der Waals surface area contributed by atoms with E-state index in [0.717, 1.165) is 21.7 Å². The number of hydrogen-bond acceptors (Lipinski definition) is 7. The summed E-state index contributed by atoms with van der Waals surface area (Å²) in [5, 5.41) is 12.8. The minimum atomic E-state index is -1.03. The van der Waals surface area contributed by atoms with E-state index in [4.69, 9.17) is 10.2 Å². The molecule has 1 amide bonds. The van der Waals surface area contributed by atoms with E-state index in [1.165, 1.54) is 17.6 Å². The highest BCUT2D eigenvalue weighted by Crippen LogP contribution is 2.23. The number of hydrogen-bond donors (Lipinski definition) is 1. The molecule has 0 aliphatic heterocycles. The van der Waals surface area contributed by atoms with Gasteiger partial charge in [-0.1, -0.05) is 6.07 Å². The number of nitrogens with two attached hydrogens (primary N) is 1. The largest absolute Gasteiger partial charge is 0.443 e. The molecule has 0 bridgehead atoms. The van der Waals surface area contributed by atoms with E-state index in [-0.39, 0.29) is 6.54 Å². The summed E-state index contributed by atoms with van der Waals surface area (Å²) >= 11 is 1.44. The van der Waals surface area contributed by atoms with Crippen molar-refractivity contribution in [1.29, 1.82) is 0 Å². The van der Waals surface area contributed by atoms with Crippen molar-refractivity contribution in [2.75, 3.05) is 0 Å². The van der Waals surface area contributed by atoms with E-state index in [9.17, 15) is 19.7 Å². The molecule has 3 aromatic rings. The molecule has 0 saturated heterocycles. The van der Waals surface area contributed by atoms with Crippen molar-refractivity contribution in [3.05, 3.63) is 67.8 Å². The van der Waals surface area contributed by atoms with Gasteiger partial charge in [0.05, 0.1) is 28.2 Å². The average molecular weight is 346 g/mol. The Hall–Kier alpha value is -3.27. The van der Waals surface area contributed by atoms with Gasteiger partial charge < -0.3 is 14.7 Å². The van der Waals surface area contributed by atoms with Crippen LogP contribution in [0.25, 0.3) is 10.8 Å². The van der Waals surface area contributed by atoms with Crippen LogP contribution in [0.15, 0.2) is 45.3 Å². The van der Waals surface area contributed by atoms with Crippen molar-refractivity contribution in [3.8, 4) is 10.8 Å². The van der Waals surface area contributed by atoms with Gasteiger partial charge in [0.2, 0.25) is 5.89 Å². The smallest absolute Gasteiger partial charge is 0.286 e. The lowest BCUT2D eigenvalue weighted by molar-refractivity contribution is -0.385. The van der Waals surface area contributed by atoms with Crippen LogP contribution in [0.3, 0.4) is 0 Å². The SMILES string of the molecule is NC(=O)c1cc([N+](=O)[O-])cn(Cc2coc(-c3cccs3)n2)c1=O. The van der Waals surface area contributed by atoms with Crippen LogP contribution < -0.4 is 11.3 Å². The van der Waals surface area contributed by atoms with Crippen LogP contribution in [-0.4, -0.2) is 20.4 Å². The number of nitrogens with zero attached hydrogens (tertiary/aromatic N) is 3. The van der Waals surface area contributed by atoms with Crippen LogP contribution in [0.5, 0.6) is 0 Å². The monoisotopic (exact) mass is 346 g/mol. The molecule has 0 unspecified atom stereocenters. The van der Waals surface area contributed by atoms with Gasteiger partial charge in [-0.05, 0) is 11.4 Å². The number of pyridine rings is 1. The van der Waals surface area contributed by atoms with Gasteiger partial charge in [0, 0.05) is 6.07 Å². The molecule has 0 saturated carbocycles. The van der Waals surface area contributed by atoms with Gasteiger partial charge in [-0.25, -0.2) is 4.98 Å². The van der Waals surface area contributed by atoms with Crippen LogP contribution in [-0.2, 0) is 6.54 Å². The molecule has 0 spiro atoms. The lowest BCUT2D eigenvalue weighted by Crippen LogP contribution is -2.30. The maximum atomic E-state index is 12.2. The number of oxazole rings is 1. The lowest BCUT2D eigenvalue weighted by Gasteiger charge is -2.05. The van der Waals surface area contributed by atoms with Gasteiger partial charge in [0.1, 0.15) is 11.8 Å². The van der Waals surface area contributed by atoms with Crippen molar-refractivity contribution < 1.29 is 14.1 Å². The lowest BCUT2D eigenvalue weighted by atomic mass is 10.2. The summed E-state index contributed by atoms with van der Waals surface area (Å²) in [7, 11) is 0. The number of primary amides is 1. The molecule has 0 atom stereocenters. The molecule has 0 aliphatic rings. The van der Waals surface area contributed by atoms with E-state index < -0.39 is 27.6 Å². The number of carbonyl (C=O) groups is 1. The third-order valence-electron chi connectivity index (χ3n) is 3.16. The van der Waals surface area contributed by atoms with Gasteiger partial charge in [0.25, 0.3) is 17.2 Å². The second-order valence-electron chi connectivity index (χ2n) is 4.79. The Morgan fingerprint density at radius 1 is 1.50 bits per heavy atom. The summed E-state index contributed by atoms with van der Waals surface area (Å²) in [4.78, 5) is 38.8. The fourth-order valence-electron chi connectivity index (χ4n) is 2.08. The van der Waals surface area contributed by atoms with Gasteiger partial charge in [0.15, 0.2) is 0 Å². The van der Waals surface area contributed by atoms with Crippen molar-refractivity contribution in [2.45, 2.75) is 6.54 Å². The minimum Gasteiger partial charge on any atom is -0.443 e. The standard InChI is InChI=1S/C14H10N4O5S/c15-12(19)10-4-9(18(21)22)6-17(14(10)20)5-8-7-23-13(16-8)11-2-1-3-24-11/h1-4,6-7H,5H2,(H2,15,19). The van der Waals surface area contributed by atoms with Crippen molar-refractivity contribution in [3.63, 3.8) is 0 Å². The maximum Gasteiger partial charge on any atom is 0.286 e. The molecule has 10 heteroatoms. The highest BCUT2D eigenvalue weighted by Gasteiger charge is 2.18. The highest BCUT2D eigenvalue weighted by atomic mass is 32.1. The number of thiophene rings is 1. The zero-order valence-electron chi connectivity index (χ0n) is 12.0. The summed E-state index contributed by atoms with van der Waals surface area (Å²) in [5.74, 6) is -0.648. The second-order valence-corrected chi connectivity index (χ2v) is 5.74. The Balaban J connectivity index is 1.99. The van der Waals surface area contributed by atoms with Gasteiger partial charge in [-0.15, -0.1) is 11.3 Å². The third kappa shape index (κ3) is 2.94. The van der Waals surface area contributed by atoms with E-state index >= 15 is 0 Å².